The maximum Gasteiger partial charge on any atom is 0.325 e. The monoisotopic (exact) mass is 384 g/mol. The molecule has 28 heavy (non-hydrogen) atoms. The molecule has 1 N–H and O–H groups in total. The molecule has 0 aromatic heterocycles. The summed E-state index contributed by atoms with van der Waals surface area (Å²) in [5, 5.41) is 3.22. The van der Waals surface area contributed by atoms with Gasteiger partial charge in [-0.3, -0.25) is 9.69 Å². The fourth-order valence-electron chi connectivity index (χ4n) is 5.73. The summed E-state index contributed by atoms with van der Waals surface area (Å²) < 4.78 is 5.60. The van der Waals surface area contributed by atoms with Gasteiger partial charge in [0, 0.05) is 18.6 Å². The SMILES string of the molecule is COC1CCC2(CC1)Cc1ccc(C(C)C)cc1C21NC(=O)N(C(C)C)C1=O. The second-order valence-corrected chi connectivity index (χ2v) is 9.41. The molecule has 1 atom stereocenters. The van der Waals surface area contributed by atoms with Crippen LogP contribution in [0.4, 0.5) is 4.79 Å². The summed E-state index contributed by atoms with van der Waals surface area (Å²) in [5.41, 5.74) is 2.24. The van der Waals surface area contributed by atoms with Crippen molar-refractivity contribution in [1.29, 1.82) is 0 Å². The van der Waals surface area contributed by atoms with Crippen LogP contribution in [-0.4, -0.2) is 36.1 Å². The molecule has 1 aromatic carbocycles. The van der Waals surface area contributed by atoms with Gasteiger partial charge < -0.3 is 10.1 Å². The van der Waals surface area contributed by atoms with Gasteiger partial charge in [0.25, 0.3) is 5.91 Å². The number of benzene rings is 1. The standard InChI is InChI=1S/C23H32N2O3/c1-14(2)16-6-7-17-13-22(10-8-18(28-5)9-11-22)23(19(17)12-16)20(26)25(15(3)4)21(27)24-23/h6-7,12,14-15,18H,8-11,13H2,1-5H3,(H,24,27). The topological polar surface area (TPSA) is 58.6 Å². The Balaban J connectivity index is 1.88. The van der Waals surface area contributed by atoms with Crippen LogP contribution in [-0.2, 0) is 21.5 Å². The summed E-state index contributed by atoms with van der Waals surface area (Å²) in [5.74, 6) is 0.305. The summed E-state index contributed by atoms with van der Waals surface area (Å²) in [6, 6.07) is 6.13. The van der Waals surface area contributed by atoms with Crippen molar-refractivity contribution in [3.8, 4) is 0 Å². The number of imide groups is 1. The van der Waals surface area contributed by atoms with Gasteiger partial charge in [0.15, 0.2) is 5.54 Å². The molecule has 3 amide bonds. The van der Waals surface area contributed by atoms with E-state index in [1.165, 1.54) is 16.0 Å². The smallest absolute Gasteiger partial charge is 0.325 e. The number of hydrogen-bond acceptors (Lipinski definition) is 3. The highest BCUT2D eigenvalue weighted by atomic mass is 16.5. The van der Waals surface area contributed by atoms with Crippen molar-refractivity contribution < 1.29 is 14.3 Å². The molecule has 4 rings (SSSR count). The Bertz CT molecular complexity index is 808. The fourth-order valence-corrected chi connectivity index (χ4v) is 5.73. The van der Waals surface area contributed by atoms with Gasteiger partial charge in [-0.25, -0.2) is 4.79 Å². The maximum atomic E-state index is 13.9. The second kappa shape index (κ2) is 6.58. The first-order chi connectivity index (χ1) is 13.3. The Morgan fingerprint density at radius 1 is 1.14 bits per heavy atom. The Labute approximate surface area is 167 Å². The number of carbonyl (C=O) groups excluding carboxylic acids is 2. The van der Waals surface area contributed by atoms with Crippen molar-refractivity contribution in [1.82, 2.24) is 10.2 Å². The van der Waals surface area contributed by atoms with E-state index in [2.05, 4.69) is 37.4 Å². The Morgan fingerprint density at radius 2 is 1.82 bits per heavy atom. The van der Waals surface area contributed by atoms with E-state index in [0.717, 1.165) is 37.7 Å². The van der Waals surface area contributed by atoms with Crippen molar-refractivity contribution in [3.63, 3.8) is 0 Å². The molecule has 1 unspecified atom stereocenters. The van der Waals surface area contributed by atoms with Crippen LogP contribution in [0, 0.1) is 5.41 Å². The van der Waals surface area contributed by atoms with Gasteiger partial charge in [0.1, 0.15) is 0 Å². The normalized spacial score (nSPS) is 32.1. The molecule has 1 saturated carbocycles. The first-order valence-electron chi connectivity index (χ1n) is 10.6. The molecule has 1 aliphatic heterocycles. The average Bonchev–Trinajstić information content (AvgIpc) is 3.08. The number of urea groups is 1. The zero-order valence-corrected chi connectivity index (χ0v) is 17.7. The highest BCUT2D eigenvalue weighted by molar-refractivity contribution is 6.09. The van der Waals surface area contributed by atoms with Gasteiger partial charge in [0.2, 0.25) is 0 Å². The zero-order chi connectivity index (χ0) is 20.3. The first kappa shape index (κ1) is 19.4. The number of methoxy groups -OCH3 is 1. The molecule has 2 aliphatic carbocycles. The molecular weight excluding hydrogens is 352 g/mol. The zero-order valence-electron chi connectivity index (χ0n) is 17.7. The molecule has 1 saturated heterocycles. The molecule has 0 bridgehead atoms. The molecule has 0 radical (unpaired) electrons. The van der Waals surface area contributed by atoms with Crippen LogP contribution >= 0.6 is 0 Å². The van der Waals surface area contributed by atoms with E-state index in [0.29, 0.717) is 5.92 Å². The van der Waals surface area contributed by atoms with E-state index < -0.39 is 5.54 Å². The highest BCUT2D eigenvalue weighted by Crippen LogP contribution is 2.60. The lowest BCUT2D eigenvalue weighted by molar-refractivity contribution is -0.139. The third kappa shape index (κ3) is 2.48. The molecular formula is C23H32N2O3. The minimum atomic E-state index is -0.937. The lowest BCUT2D eigenvalue weighted by Crippen LogP contribution is -2.57. The summed E-state index contributed by atoms with van der Waals surface area (Å²) in [6.45, 7) is 8.15. The molecule has 1 heterocycles. The second-order valence-electron chi connectivity index (χ2n) is 9.41. The van der Waals surface area contributed by atoms with Crippen LogP contribution in [0.1, 0.15) is 76.0 Å². The molecule has 152 valence electrons. The quantitative estimate of drug-likeness (QED) is 0.799. The molecule has 5 heteroatoms. The minimum Gasteiger partial charge on any atom is -0.381 e. The van der Waals surface area contributed by atoms with Crippen LogP contribution < -0.4 is 5.32 Å². The van der Waals surface area contributed by atoms with E-state index in [-0.39, 0.29) is 29.5 Å². The number of rotatable bonds is 3. The number of amides is 3. The van der Waals surface area contributed by atoms with Gasteiger partial charge in [0.05, 0.1) is 6.10 Å². The maximum absolute atomic E-state index is 13.9. The van der Waals surface area contributed by atoms with Gasteiger partial charge in [-0.05, 0) is 68.6 Å². The van der Waals surface area contributed by atoms with Gasteiger partial charge >= 0.3 is 6.03 Å². The van der Waals surface area contributed by atoms with Crippen LogP contribution in [0.5, 0.6) is 0 Å². The van der Waals surface area contributed by atoms with Crippen LogP contribution in [0.2, 0.25) is 0 Å². The largest absolute Gasteiger partial charge is 0.381 e. The predicted octanol–water partition coefficient (Wildman–Crippen LogP) is 4.10. The van der Waals surface area contributed by atoms with Crippen LogP contribution in [0.25, 0.3) is 0 Å². The number of fused-ring (bicyclic) bond motifs is 3. The molecule has 2 fully saturated rings. The first-order valence-corrected chi connectivity index (χ1v) is 10.6. The number of hydrogen-bond donors (Lipinski definition) is 1. The molecule has 1 aromatic rings. The highest BCUT2D eigenvalue weighted by Gasteiger charge is 2.68. The van der Waals surface area contributed by atoms with Gasteiger partial charge in [-0.2, -0.15) is 0 Å². The van der Waals surface area contributed by atoms with E-state index in [1.54, 1.807) is 7.11 Å². The molecule has 5 nitrogen and oxygen atoms in total. The van der Waals surface area contributed by atoms with Crippen molar-refractivity contribution >= 4 is 11.9 Å². The molecule has 2 spiro atoms. The fraction of sp³-hybridized carbons (Fsp3) is 0.652. The number of nitrogens with zero attached hydrogens (tertiary/aromatic N) is 1. The third-order valence-electron chi connectivity index (χ3n) is 7.32. The Kier molecular flexibility index (Phi) is 4.57. The lowest BCUT2D eigenvalue weighted by atomic mass is 9.61. The average molecular weight is 385 g/mol. The summed E-state index contributed by atoms with van der Waals surface area (Å²) >= 11 is 0. The van der Waals surface area contributed by atoms with E-state index in [9.17, 15) is 9.59 Å². The lowest BCUT2D eigenvalue weighted by Gasteiger charge is -2.46. The van der Waals surface area contributed by atoms with Crippen molar-refractivity contribution in [3.05, 3.63) is 34.9 Å². The number of carbonyl (C=O) groups is 2. The van der Waals surface area contributed by atoms with Gasteiger partial charge in [-0.1, -0.05) is 32.0 Å². The minimum absolute atomic E-state index is 0.0666. The number of ether oxygens (including phenoxy) is 1. The summed E-state index contributed by atoms with van der Waals surface area (Å²) in [4.78, 5) is 28.2. The van der Waals surface area contributed by atoms with Crippen molar-refractivity contribution in [2.75, 3.05) is 7.11 Å². The van der Waals surface area contributed by atoms with Gasteiger partial charge in [-0.15, -0.1) is 0 Å². The number of nitrogens with one attached hydrogen (secondary N) is 1. The Morgan fingerprint density at radius 3 is 2.36 bits per heavy atom. The predicted molar refractivity (Wildman–Crippen MR) is 108 cm³/mol. The Hall–Kier alpha value is -1.88. The van der Waals surface area contributed by atoms with Crippen molar-refractivity contribution in [2.24, 2.45) is 5.41 Å². The summed E-state index contributed by atoms with van der Waals surface area (Å²) in [6.07, 6.45) is 4.70. The van der Waals surface area contributed by atoms with E-state index in [1.807, 2.05) is 13.8 Å². The van der Waals surface area contributed by atoms with E-state index in [4.69, 9.17) is 4.74 Å². The van der Waals surface area contributed by atoms with Crippen LogP contribution in [0.3, 0.4) is 0 Å². The third-order valence-corrected chi connectivity index (χ3v) is 7.32. The van der Waals surface area contributed by atoms with E-state index >= 15 is 0 Å². The summed E-state index contributed by atoms with van der Waals surface area (Å²) in [7, 11) is 1.76. The molecule has 3 aliphatic rings. The van der Waals surface area contributed by atoms with Crippen LogP contribution in [0.15, 0.2) is 18.2 Å². The van der Waals surface area contributed by atoms with Crippen molar-refractivity contribution in [2.45, 2.75) is 83.4 Å².